The Morgan fingerprint density at radius 2 is 2.00 bits per heavy atom. The standard InChI is InChI=1S/C22H28N4O5S/c1-26-19-10-6-3-7-15(19)13-20(26)22(28)25-18-9-5-4-8-17(18)21(27)24-16(14-23)11-12-31-32(2,29)30/h3,6-7,10,13,16-18H,4-5,8-9,11-12H2,1-2H3,(H,24,27)(H,25,28)/t16-,17+,18-/m0/s1. The van der Waals surface area contributed by atoms with Gasteiger partial charge in [0.05, 0.1) is 24.8 Å². The molecule has 0 bridgehead atoms. The first-order valence-corrected chi connectivity index (χ1v) is 12.4. The second kappa shape index (κ2) is 10.1. The first kappa shape index (κ1) is 23.8. The van der Waals surface area contributed by atoms with E-state index in [0.29, 0.717) is 18.5 Å². The van der Waals surface area contributed by atoms with Gasteiger partial charge in [-0.3, -0.25) is 13.8 Å². The third-order valence-electron chi connectivity index (χ3n) is 5.78. The summed E-state index contributed by atoms with van der Waals surface area (Å²) in [5.74, 6) is -1.03. The summed E-state index contributed by atoms with van der Waals surface area (Å²) in [6.45, 7) is -0.191. The molecule has 3 rings (SSSR count). The number of nitrogens with one attached hydrogen (secondary N) is 2. The van der Waals surface area contributed by atoms with Crippen LogP contribution in [0.15, 0.2) is 30.3 Å². The minimum Gasteiger partial charge on any atom is -0.347 e. The number of carbonyl (C=O) groups is 2. The van der Waals surface area contributed by atoms with Crippen molar-refractivity contribution in [1.29, 1.82) is 5.26 Å². The Bertz CT molecular complexity index is 1130. The van der Waals surface area contributed by atoms with E-state index in [0.717, 1.165) is 30.0 Å². The topological polar surface area (TPSA) is 130 Å². The molecule has 1 heterocycles. The van der Waals surface area contributed by atoms with Crippen LogP contribution in [0.5, 0.6) is 0 Å². The molecule has 2 aromatic rings. The van der Waals surface area contributed by atoms with E-state index in [2.05, 4.69) is 14.8 Å². The first-order valence-electron chi connectivity index (χ1n) is 10.6. The smallest absolute Gasteiger partial charge is 0.268 e. The summed E-state index contributed by atoms with van der Waals surface area (Å²) in [6.07, 6.45) is 4.00. The number of nitriles is 1. The van der Waals surface area contributed by atoms with Crippen LogP contribution >= 0.6 is 0 Å². The molecular weight excluding hydrogens is 432 g/mol. The zero-order chi connectivity index (χ0) is 23.3. The van der Waals surface area contributed by atoms with Crippen LogP contribution in [0.3, 0.4) is 0 Å². The van der Waals surface area contributed by atoms with E-state index in [-0.39, 0.29) is 30.9 Å². The third kappa shape index (κ3) is 5.87. The van der Waals surface area contributed by atoms with Gasteiger partial charge in [0.25, 0.3) is 16.0 Å². The molecule has 1 aromatic heterocycles. The van der Waals surface area contributed by atoms with Crippen LogP contribution in [0.4, 0.5) is 0 Å². The maximum atomic E-state index is 13.0. The zero-order valence-corrected chi connectivity index (χ0v) is 19.0. The van der Waals surface area contributed by atoms with E-state index in [9.17, 15) is 23.3 Å². The van der Waals surface area contributed by atoms with Crippen LogP contribution in [0.2, 0.25) is 0 Å². The molecule has 0 saturated heterocycles. The predicted octanol–water partition coefficient (Wildman–Crippen LogP) is 1.84. The molecule has 172 valence electrons. The van der Waals surface area contributed by atoms with Gasteiger partial charge >= 0.3 is 0 Å². The Morgan fingerprint density at radius 3 is 2.69 bits per heavy atom. The van der Waals surface area contributed by atoms with E-state index in [4.69, 9.17) is 0 Å². The van der Waals surface area contributed by atoms with E-state index in [1.165, 1.54) is 0 Å². The Morgan fingerprint density at radius 1 is 1.28 bits per heavy atom. The quantitative estimate of drug-likeness (QED) is 0.578. The number of benzene rings is 1. The number of amides is 2. The summed E-state index contributed by atoms with van der Waals surface area (Å²) in [5, 5.41) is 16.0. The zero-order valence-electron chi connectivity index (χ0n) is 18.2. The molecule has 0 unspecified atom stereocenters. The summed E-state index contributed by atoms with van der Waals surface area (Å²) in [4.78, 5) is 25.9. The summed E-state index contributed by atoms with van der Waals surface area (Å²) in [6, 6.07) is 10.3. The number of fused-ring (bicyclic) bond motifs is 1. The molecule has 1 fully saturated rings. The third-order valence-corrected chi connectivity index (χ3v) is 6.37. The van der Waals surface area contributed by atoms with E-state index >= 15 is 0 Å². The minimum absolute atomic E-state index is 0.0506. The lowest BCUT2D eigenvalue weighted by Gasteiger charge is -2.31. The Hall–Kier alpha value is -2.90. The molecule has 1 aromatic carbocycles. The van der Waals surface area contributed by atoms with Crippen molar-refractivity contribution in [2.24, 2.45) is 13.0 Å². The van der Waals surface area contributed by atoms with E-state index in [1.54, 1.807) is 0 Å². The minimum atomic E-state index is -3.61. The first-order chi connectivity index (χ1) is 15.2. The maximum Gasteiger partial charge on any atom is 0.268 e. The van der Waals surface area contributed by atoms with Gasteiger partial charge in [-0.1, -0.05) is 31.0 Å². The predicted molar refractivity (Wildman–Crippen MR) is 119 cm³/mol. The summed E-state index contributed by atoms with van der Waals surface area (Å²) < 4.78 is 28.6. The van der Waals surface area contributed by atoms with E-state index in [1.807, 2.05) is 48.0 Å². The highest BCUT2D eigenvalue weighted by Gasteiger charge is 2.33. The van der Waals surface area contributed by atoms with Crippen molar-refractivity contribution in [3.63, 3.8) is 0 Å². The van der Waals surface area contributed by atoms with Gasteiger partial charge in [-0.25, -0.2) is 0 Å². The molecule has 0 spiro atoms. The second-order valence-corrected chi connectivity index (χ2v) is 9.77. The summed E-state index contributed by atoms with van der Waals surface area (Å²) >= 11 is 0. The van der Waals surface area contributed by atoms with Crippen molar-refractivity contribution in [3.8, 4) is 6.07 Å². The molecule has 9 nitrogen and oxygen atoms in total. The Balaban J connectivity index is 1.65. The average molecular weight is 461 g/mol. The van der Waals surface area contributed by atoms with Gasteiger partial charge < -0.3 is 15.2 Å². The van der Waals surface area contributed by atoms with Crippen LogP contribution in [0, 0.1) is 17.2 Å². The van der Waals surface area contributed by atoms with Gasteiger partial charge in [-0.05, 0) is 25.0 Å². The number of rotatable bonds is 8. The largest absolute Gasteiger partial charge is 0.347 e. The van der Waals surface area contributed by atoms with Gasteiger partial charge in [-0.15, -0.1) is 0 Å². The molecule has 32 heavy (non-hydrogen) atoms. The number of nitrogens with zero attached hydrogens (tertiary/aromatic N) is 2. The molecule has 10 heteroatoms. The SMILES string of the molecule is Cn1c(C(=O)N[C@H]2CCCC[C@H]2C(=O)N[C@H](C#N)CCOS(C)(=O)=O)cc2ccccc21. The van der Waals surface area contributed by atoms with Gasteiger partial charge in [0.2, 0.25) is 5.91 Å². The number of carbonyl (C=O) groups excluding carboxylic acids is 2. The van der Waals surface area contributed by atoms with Crippen LogP contribution in [0.1, 0.15) is 42.6 Å². The normalized spacial score (nSPS) is 19.8. The highest BCUT2D eigenvalue weighted by molar-refractivity contribution is 7.85. The maximum absolute atomic E-state index is 13.0. The second-order valence-electron chi connectivity index (χ2n) is 8.12. The van der Waals surface area contributed by atoms with E-state index < -0.39 is 22.1 Å². The van der Waals surface area contributed by atoms with Gasteiger partial charge in [0.1, 0.15) is 11.7 Å². The van der Waals surface area contributed by atoms with Crippen molar-refractivity contribution < 1.29 is 22.2 Å². The molecule has 1 aliphatic rings. The highest BCUT2D eigenvalue weighted by atomic mass is 32.2. The van der Waals surface area contributed by atoms with Crippen LogP contribution in [0.25, 0.3) is 10.9 Å². The lowest BCUT2D eigenvalue weighted by atomic mass is 9.83. The number of aromatic nitrogens is 1. The Labute approximate surface area is 187 Å². The lowest BCUT2D eigenvalue weighted by Crippen LogP contribution is -2.50. The fraction of sp³-hybridized carbons (Fsp3) is 0.500. The summed E-state index contributed by atoms with van der Waals surface area (Å²) in [5.41, 5.74) is 1.47. The van der Waals surface area contributed by atoms with Crippen molar-refractivity contribution >= 4 is 32.8 Å². The van der Waals surface area contributed by atoms with Crippen LogP contribution < -0.4 is 10.6 Å². The molecule has 2 N–H and O–H groups in total. The number of aryl methyl sites for hydroxylation is 1. The molecule has 0 aliphatic heterocycles. The molecule has 2 amide bonds. The van der Waals surface area contributed by atoms with Gasteiger partial charge in [0, 0.05) is 30.4 Å². The molecule has 3 atom stereocenters. The van der Waals surface area contributed by atoms with Crippen molar-refractivity contribution in [3.05, 3.63) is 36.0 Å². The van der Waals surface area contributed by atoms with Gasteiger partial charge in [-0.2, -0.15) is 13.7 Å². The molecular formula is C22H28N4O5S. The lowest BCUT2D eigenvalue weighted by molar-refractivity contribution is -0.127. The Kier molecular flexibility index (Phi) is 7.53. The molecule has 0 radical (unpaired) electrons. The van der Waals surface area contributed by atoms with Crippen molar-refractivity contribution in [2.75, 3.05) is 12.9 Å². The molecule has 1 saturated carbocycles. The summed E-state index contributed by atoms with van der Waals surface area (Å²) in [7, 11) is -1.78. The van der Waals surface area contributed by atoms with Gasteiger partial charge in [0.15, 0.2) is 0 Å². The number of hydrogen-bond acceptors (Lipinski definition) is 6. The fourth-order valence-electron chi connectivity index (χ4n) is 4.13. The highest BCUT2D eigenvalue weighted by Crippen LogP contribution is 2.26. The number of hydrogen-bond donors (Lipinski definition) is 2. The molecule has 1 aliphatic carbocycles. The van der Waals surface area contributed by atoms with Crippen LogP contribution in [-0.2, 0) is 26.1 Å². The fourth-order valence-corrected chi connectivity index (χ4v) is 4.53. The van der Waals surface area contributed by atoms with Crippen LogP contribution in [-0.4, -0.2) is 49.7 Å². The van der Waals surface area contributed by atoms with Crippen molar-refractivity contribution in [2.45, 2.75) is 44.2 Å². The van der Waals surface area contributed by atoms with Crippen molar-refractivity contribution in [1.82, 2.24) is 15.2 Å². The number of para-hydroxylation sites is 1. The average Bonchev–Trinajstić information content (AvgIpc) is 3.09. The monoisotopic (exact) mass is 460 g/mol.